The van der Waals surface area contributed by atoms with E-state index in [1.807, 2.05) is 0 Å². The topological polar surface area (TPSA) is 31.5 Å². The van der Waals surface area contributed by atoms with Crippen molar-refractivity contribution in [1.82, 2.24) is 0 Å². The first-order valence-electron chi connectivity index (χ1n) is 7.25. The van der Waals surface area contributed by atoms with Gasteiger partial charge in [-0.3, -0.25) is 0 Å². The summed E-state index contributed by atoms with van der Waals surface area (Å²) in [6.45, 7) is 14.3. The average Bonchev–Trinajstić information content (AvgIpc) is 2.15. The van der Waals surface area contributed by atoms with E-state index >= 15 is 0 Å². The maximum atomic E-state index is 2.38. The van der Waals surface area contributed by atoms with E-state index in [2.05, 4.69) is 41.5 Å². The Morgan fingerprint density at radius 2 is 0.824 bits per heavy atom. The van der Waals surface area contributed by atoms with Gasteiger partial charge in [0.2, 0.25) is 0 Å². The Balaban J connectivity index is 0. The molecule has 0 fully saturated rings. The van der Waals surface area contributed by atoms with Crippen LogP contribution in [0.25, 0.3) is 0 Å². The Kier molecular flexibility index (Phi) is 13.8. The summed E-state index contributed by atoms with van der Waals surface area (Å²) in [6, 6.07) is 0. The van der Waals surface area contributed by atoms with E-state index in [4.69, 9.17) is 0 Å². The molecular weight excluding hydrogens is 244 g/mol. The molecule has 0 aliphatic rings. The third-order valence-corrected chi connectivity index (χ3v) is 7.89. The number of rotatable bonds is 9. The second-order valence-corrected chi connectivity index (χ2v) is 11.2. The maximum Gasteiger partial charge on any atom is -0.412 e. The first kappa shape index (κ1) is 20.0. The van der Waals surface area contributed by atoms with E-state index in [-0.39, 0.29) is 5.48 Å². The molecule has 2 heteroatoms. The summed E-state index contributed by atoms with van der Waals surface area (Å²) in [4.78, 5) is 0. The first-order chi connectivity index (χ1) is 7.41. The molecule has 17 heavy (non-hydrogen) atoms. The van der Waals surface area contributed by atoms with Gasteiger partial charge >= 0.3 is 111 Å². The van der Waals surface area contributed by atoms with Crippen molar-refractivity contribution in [1.29, 1.82) is 0 Å². The second-order valence-electron chi connectivity index (χ2n) is 6.55. The summed E-state index contributed by atoms with van der Waals surface area (Å²) in [6.07, 6.45) is 4.47. The summed E-state index contributed by atoms with van der Waals surface area (Å²) in [5, 5.41) is 0. The van der Waals surface area contributed by atoms with Gasteiger partial charge in [-0.1, -0.05) is 0 Å². The van der Waals surface area contributed by atoms with Crippen molar-refractivity contribution in [2.24, 2.45) is 17.8 Å². The normalized spacial score (nSPS) is 11.1. The maximum absolute atomic E-state index is 2.38. The quantitative estimate of drug-likeness (QED) is 0.521. The van der Waals surface area contributed by atoms with Gasteiger partial charge < -0.3 is 5.48 Å². The molecule has 0 aliphatic heterocycles. The molecule has 0 amide bonds. The second kappa shape index (κ2) is 11.7. The van der Waals surface area contributed by atoms with Crippen molar-refractivity contribution in [3.8, 4) is 0 Å². The van der Waals surface area contributed by atoms with Crippen molar-refractivity contribution in [2.75, 3.05) is 0 Å². The van der Waals surface area contributed by atoms with Gasteiger partial charge in [-0.2, -0.15) is 0 Å². The van der Waals surface area contributed by atoms with E-state index in [0.29, 0.717) is 0 Å². The molecule has 0 aromatic carbocycles. The molecule has 0 aromatic rings. The molecule has 1 nitrogen and oxygen atoms in total. The molecule has 0 aliphatic carbocycles. The summed E-state index contributed by atoms with van der Waals surface area (Å²) in [7, 11) is 0. The van der Waals surface area contributed by atoms with Crippen LogP contribution in [0.15, 0.2) is 0 Å². The van der Waals surface area contributed by atoms with Gasteiger partial charge in [0.05, 0.1) is 0 Å². The Bertz CT molecular complexity index is 126. The molecular formula is C15H35OTi. The number of hydrogen-bond acceptors (Lipinski definition) is 0. The van der Waals surface area contributed by atoms with Crippen LogP contribution in [0.5, 0.6) is 0 Å². The van der Waals surface area contributed by atoms with Gasteiger partial charge in [-0.15, -0.1) is 0 Å². The predicted octanol–water partition coefficient (Wildman–Crippen LogP) is 5.17. The molecule has 0 unspecified atom stereocenters. The SMILES string of the molecule is CC(C)C[CH2][Ti]([CH2]CC(C)C)[CH2]CC(C)C.O. The Hall–Kier alpha value is 0.674. The minimum absolute atomic E-state index is 0. The molecule has 0 aromatic heterocycles. The van der Waals surface area contributed by atoms with Crippen molar-refractivity contribution in [3.05, 3.63) is 0 Å². The molecule has 0 spiro atoms. The Morgan fingerprint density at radius 3 is 1.00 bits per heavy atom. The zero-order valence-corrected chi connectivity index (χ0v) is 14.5. The third-order valence-electron chi connectivity index (χ3n) is 3.23. The minimum Gasteiger partial charge on any atom is -0.412 e. The fraction of sp³-hybridized carbons (Fsp3) is 1.00. The molecule has 0 saturated carbocycles. The van der Waals surface area contributed by atoms with Gasteiger partial charge in [0.1, 0.15) is 0 Å². The van der Waals surface area contributed by atoms with Gasteiger partial charge in [0, 0.05) is 0 Å². The standard InChI is InChI=1S/3C5H11.H2O.Ti/c3*1-4-5(2)3;;/h3*5H,1,4H2,2-3H3;1H2;. The van der Waals surface area contributed by atoms with Crippen LogP contribution < -0.4 is 0 Å². The van der Waals surface area contributed by atoms with Gasteiger partial charge in [-0.25, -0.2) is 0 Å². The number of hydrogen-bond donors (Lipinski definition) is 0. The summed E-state index contributed by atoms with van der Waals surface area (Å²) < 4.78 is 4.87. The van der Waals surface area contributed by atoms with Gasteiger partial charge in [0.15, 0.2) is 0 Å². The summed E-state index contributed by atoms with van der Waals surface area (Å²) in [5.74, 6) is 2.75. The van der Waals surface area contributed by atoms with Crippen LogP contribution in [-0.4, -0.2) is 5.48 Å². The summed E-state index contributed by atoms with van der Waals surface area (Å²) >= 11 is -0.681. The first-order valence-corrected chi connectivity index (χ1v) is 10.6. The monoisotopic (exact) mass is 279 g/mol. The van der Waals surface area contributed by atoms with Crippen LogP contribution in [0.3, 0.4) is 0 Å². The van der Waals surface area contributed by atoms with Crippen LogP contribution >= 0.6 is 0 Å². The van der Waals surface area contributed by atoms with Gasteiger partial charge in [0.25, 0.3) is 0 Å². The van der Waals surface area contributed by atoms with Crippen molar-refractivity contribution >= 4 is 0 Å². The molecule has 0 atom stereocenters. The predicted molar refractivity (Wildman–Crippen MR) is 76.4 cm³/mol. The molecule has 0 radical (unpaired) electrons. The summed E-state index contributed by atoms with van der Waals surface area (Å²) in [5.41, 5.74) is 0. The molecule has 0 saturated heterocycles. The van der Waals surface area contributed by atoms with E-state index in [1.54, 1.807) is 14.2 Å². The van der Waals surface area contributed by atoms with Crippen LogP contribution in [0.1, 0.15) is 60.8 Å². The van der Waals surface area contributed by atoms with Crippen molar-refractivity contribution in [2.45, 2.75) is 75.0 Å². The van der Waals surface area contributed by atoms with Crippen molar-refractivity contribution < 1.29 is 23.3 Å². The van der Waals surface area contributed by atoms with Gasteiger partial charge in [-0.05, 0) is 0 Å². The van der Waals surface area contributed by atoms with Crippen LogP contribution in [0.2, 0.25) is 14.2 Å². The molecule has 2 N–H and O–H groups in total. The van der Waals surface area contributed by atoms with E-state index in [9.17, 15) is 0 Å². The largest absolute Gasteiger partial charge is 0.412 e. The minimum atomic E-state index is -0.681. The Morgan fingerprint density at radius 1 is 0.588 bits per heavy atom. The van der Waals surface area contributed by atoms with Crippen LogP contribution in [-0.2, 0) is 17.9 Å². The molecule has 0 rings (SSSR count). The van der Waals surface area contributed by atoms with Crippen molar-refractivity contribution in [3.63, 3.8) is 0 Å². The fourth-order valence-electron chi connectivity index (χ4n) is 1.85. The van der Waals surface area contributed by atoms with Crippen LogP contribution in [0.4, 0.5) is 0 Å². The average molecular weight is 279 g/mol. The van der Waals surface area contributed by atoms with Crippen LogP contribution in [0, 0.1) is 17.8 Å². The van der Waals surface area contributed by atoms with E-state index in [1.165, 1.54) is 19.3 Å². The zero-order chi connectivity index (χ0) is 12.6. The van der Waals surface area contributed by atoms with E-state index < -0.39 is 17.9 Å². The fourth-order valence-corrected chi connectivity index (χ4v) is 7.64. The Labute approximate surface area is 116 Å². The zero-order valence-electron chi connectivity index (χ0n) is 13.0. The molecule has 0 bridgehead atoms. The molecule has 0 heterocycles. The molecule has 105 valence electrons. The third kappa shape index (κ3) is 14.6. The smallest absolute Gasteiger partial charge is 0.412 e. The van der Waals surface area contributed by atoms with E-state index in [0.717, 1.165) is 17.8 Å².